The molecule has 1 amide bonds. The molecule has 3 aromatic rings. The lowest BCUT2D eigenvalue weighted by Gasteiger charge is -2.46. The van der Waals surface area contributed by atoms with Gasteiger partial charge in [0.15, 0.2) is 0 Å². The van der Waals surface area contributed by atoms with Crippen molar-refractivity contribution < 1.29 is 9.53 Å². The summed E-state index contributed by atoms with van der Waals surface area (Å²) in [5.74, 6) is 1.03. The van der Waals surface area contributed by atoms with Crippen molar-refractivity contribution in [1.82, 2.24) is 10.6 Å². The van der Waals surface area contributed by atoms with E-state index in [1.54, 1.807) is 18.2 Å². The third-order valence-corrected chi connectivity index (χ3v) is 6.41. The molecule has 180 valence electrons. The van der Waals surface area contributed by atoms with Crippen molar-refractivity contribution in [2.45, 2.75) is 64.6 Å². The van der Waals surface area contributed by atoms with E-state index >= 15 is 0 Å². The van der Waals surface area contributed by atoms with Crippen LogP contribution in [0.25, 0.3) is 11.1 Å². The molecule has 35 heavy (non-hydrogen) atoms. The Morgan fingerprint density at radius 3 is 2.29 bits per heavy atom. The van der Waals surface area contributed by atoms with E-state index in [0.29, 0.717) is 22.6 Å². The van der Waals surface area contributed by atoms with E-state index in [1.165, 1.54) is 0 Å². The normalized spacial score (nSPS) is 16.8. The van der Waals surface area contributed by atoms with Gasteiger partial charge in [-0.2, -0.15) is 5.26 Å². The van der Waals surface area contributed by atoms with Crippen LogP contribution in [0.5, 0.6) is 11.5 Å². The van der Waals surface area contributed by atoms with E-state index in [9.17, 15) is 10.1 Å². The first kappa shape index (κ1) is 24.5. The van der Waals surface area contributed by atoms with Gasteiger partial charge in [0.05, 0.1) is 0 Å². The van der Waals surface area contributed by atoms with Gasteiger partial charge in [0.2, 0.25) is 0 Å². The van der Waals surface area contributed by atoms with Crippen LogP contribution in [-0.2, 0) is 0 Å². The summed E-state index contributed by atoms with van der Waals surface area (Å²) in [7, 11) is 0. The summed E-state index contributed by atoms with van der Waals surface area (Å²) in [5.41, 5.74) is 3.62. The van der Waals surface area contributed by atoms with E-state index in [4.69, 9.17) is 4.74 Å². The summed E-state index contributed by atoms with van der Waals surface area (Å²) < 4.78 is 6.17. The second kappa shape index (κ2) is 9.56. The van der Waals surface area contributed by atoms with Gasteiger partial charge in [-0.05, 0) is 82.9 Å². The third kappa shape index (κ3) is 5.72. The molecule has 1 aliphatic rings. The number of carbonyl (C=O) groups excluding carboxylic acids is 1. The van der Waals surface area contributed by atoms with Gasteiger partial charge in [-0.25, -0.2) is 0 Å². The van der Waals surface area contributed by atoms with Crippen LogP contribution in [0, 0.1) is 18.3 Å². The van der Waals surface area contributed by atoms with Gasteiger partial charge in [0.1, 0.15) is 23.1 Å². The Labute approximate surface area is 208 Å². The number of nitrogens with zero attached hydrogens (tertiary/aromatic N) is 1. The minimum absolute atomic E-state index is 0.0416. The first-order chi connectivity index (χ1) is 16.6. The molecule has 3 aromatic carbocycles. The topological polar surface area (TPSA) is 74.2 Å². The second-order valence-corrected chi connectivity index (χ2v) is 10.7. The molecule has 5 nitrogen and oxygen atoms in total. The number of amides is 1. The quantitative estimate of drug-likeness (QED) is 0.458. The van der Waals surface area contributed by atoms with Crippen molar-refractivity contribution in [2.75, 3.05) is 0 Å². The van der Waals surface area contributed by atoms with Crippen LogP contribution in [-0.4, -0.2) is 23.0 Å². The van der Waals surface area contributed by atoms with E-state index in [-0.39, 0.29) is 23.0 Å². The molecule has 5 heteroatoms. The number of nitriles is 1. The molecule has 0 radical (unpaired) electrons. The van der Waals surface area contributed by atoms with Crippen LogP contribution >= 0.6 is 0 Å². The van der Waals surface area contributed by atoms with Crippen LogP contribution < -0.4 is 15.4 Å². The molecule has 0 aromatic heterocycles. The molecular weight excluding hydrogens is 434 g/mol. The van der Waals surface area contributed by atoms with Gasteiger partial charge in [-0.3, -0.25) is 4.79 Å². The minimum atomic E-state index is -0.0815. The highest BCUT2D eigenvalue weighted by atomic mass is 16.5. The molecule has 0 bridgehead atoms. The van der Waals surface area contributed by atoms with Crippen molar-refractivity contribution in [3.05, 3.63) is 83.4 Å². The highest BCUT2D eigenvalue weighted by Gasteiger charge is 2.38. The number of carbonyl (C=O) groups is 1. The van der Waals surface area contributed by atoms with E-state index in [2.05, 4.69) is 44.4 Å². The molecule has 4 rings (SSSR count). The lowest BCUT2D eigenvalue weighted by atomic mass is 9.79. The average Bonchev–Trinajstić information content (AvgIpc) is 2.78. The SMILES string of the molecule is Cc1cc(C(=O)NC2CC(C)(C)NC(C)(C)C2)ccc1Oc1cccc(-c2ccccc2)c1C#N. The maximum atomic E-state index is 13.0. The summed E-state index contributed by atoms with van der Waals surface area (Å²) in [6, 6.07) is 23.2. The summed E-state index contributed by atoms with van der Waals surface area (Å²) in [4.78, 5) is 13.0. The Kier molecular flexibility index (Phi) is 6.69. The minimum Gasteiger partial charge on any atom is -0.456 e. The molecule has 1 aliphatic heterocycles. The van der Waals surface area contributed by atoms with E-state index in [0.717, 1.165) is 29.5 Å². The standard InChI is InChI=1S/C30H33N3O2/c1-20-16-22(28(34)32-23-17-29(2,3)33-30(4,5)18-23)14-15-26(20)35-27-13-9-12-24(25(27)19-31)21-10-7-6-8-11-21/h6-16,23,33H,17-18H2,1-5H3,(H,32,34). The van der Waals surface area contributed by atoms with Gasteiger partial charge in [-0.15, -0.1) is 0 Å². The van der Waals surface area contributed by atoms with Crippen molar-refractivity contribution in [1.29, 1.82) is 5.26 Å². The highest BCUT2D eigenvalue weighted by Crippen LogP contribution is 2.34. The van der Waals surface area contributed by atoms with Crippen molar-refractivity contribution >= 4 is 5.91 Å². The van der Waals surface area contributed by atoms with Gasteiger partial charge in [0.25, 0.3) is 5.91 Å². The van der Waals surface area contributed by atoms with E-state index in [1.807, 2.05) is 55.5 Å². The van der Waals surface area contributed by atoms with Crippen molar-refractivity contribution in [3.63, 3.8) is 0 Å². The Bertz CT molecular complexity index is 1260. The van der Waals surface area contributed by atoms with Crippen LogP contribution in [0.4, 0.5) is 0 Å². The third-order valence-electron chi connectivity index (χ3n) is 6.41. The number of nitrogens with one attached hydrogen (secondary N) is 2. The molecule has 0 unspecified atom stereocenters. The lowest BCUT2D eigenvalue weighted by molar-refractivity contribution is 0.0873. The fraction of sp³-hybridized carbons (Fsp3) is 0.333. The molecule has 0 aliphatic carbocycles. The maximum absolute atomic E-state index is 13.0. The summed E-state index contributed by atoms with van der Waals surface area (Å²) >= 11 is 0. The van der Waals surface area contributed by atoms with Crippen molar-refractivity contribution in [2.24, 2.45) is 0 Å². The molecule has 1 fully saturated rings. The van der Waals surface area contributed by atoms with Crippen LogP contribution in [0.2, 0.25) is 0 Å². The Hall–Kier alpha value is -3.62. The lowest BCUT2D eigenvalue weighted by Crippen LogP contribution is -2.62. The molecule has 1 saturated heterocycles. The molecule has 2 N–H and O–H groups in total. The predicted molar refractivity (Wildman–Crippen MR) is 140 cm³/mol. The Morgan fingerprint density at radius 1 is 0.971 bits per heavy atom. The fourth-order valence-electron chi connectivity index (χ4n) is 5.31. The van der Waals surface area contributed by atoms with Crippen LogP contribution in [0.1, 0.15) is 62.0 Å². The zero-order chi connectivity index (χ0) is 25.2. The first-order valence-corrected chi connectivity index (χ1v) is 12.0. The Balaban J connectivity index is 1.53. The van der Waals surface area contributed by atoms with Crippen molar-refractivity contribution in [3.8, 4) is 28.7 Å². The number of hydrogen-bond acceptors (Lipinski definition) is 4. The van der Waals surface area contributed by atoms with Gasteiger partial charge in [0, 0.05) is 28.2 Å². The summed E-state index contributed by atoms with van der Waals surface area (Å²) in [6.45, 7) is 10.6. The van der Waals surface area contributed by atoms with E-state index < -0.39 is 0 Å². The highest BCUT2D eigenvalue weighted by molar-refractivity contribution is 5.94. The number of benzene rings is 3. The second-order valence-electron chi connectivity index (χ2n) is 10.7. The fourth-order valence-corrected chi connectivity index (χ4v) is 5.31. The Morgan fingerprint density at radius 2 is 1.66 bits per heavy atom. The zero-order valence-corrected chi connectivity index (χ0v) is 21.1. The number of hydrogen-bond donors (Lipinski definition) is 2. The maximum Gasteiger partial charge on any atom is 0.251 e. The smallest absolute Gasteiger partial charge is 0.251 e. The number of ether oxygens (including phenoxy) is 1. The first-order valence-electron chi connectivity index (χ1n) is 12.0. The molecule has 1 heterocycles. The van der Waals surface area contributed by atoms with Gasteiger partial charge < -0.3 is 15.4 Å². The summed E-state index contributed by atoms with van der Waals surface area (Å²) in [6.07, 6.45) is 1.74. The largest absolute Gasteiger partial charge is 0.456 e. The molecule has 0 atom stereocenters. The molecule has 0 saturated carbocycles. The number of aryl methyl sites for hydroxylation is 1. The molecular formula is C30H33N3O2. The molecule has 0 spiro atoms. The van der Waals surface area contributed by atoms with Gasteiger partial charge in [-0.1, -0.05) is 42.5 Å². The van der Waals surface area contributed by atoms with Gasteiger partial charge >= 0.3 is 0 Å². The zero-order valence-electron chi connectivity index (χ0n) is 21.1. The predicted octanol–water partition coefficient (Wildman–Crippen LogP) is 6.37. The monoisotopic (exact) mass is 467 g/mol. The number of piperidine rings is 1. The number of rotatable bonds is 5. The van der Waals surface area contributed by atoms with Crippen LogP contribution in [0.15, 0.2) is 66.7 Å². The summed E-state index contributed by atoms with van der Waals surface area (Å²) in [5, 5.41) is 16.7. The average molecular weight is 468 g/mol. The van der Waals surface area contributed by atoms with Crippen LogP contribution in [0.3, 0.4) is 0 Å².